The third kappa shape index (κ3) is 3.34. The van der Waals surface area contributed by atoms with Crippen molar-refractivity contribution in [1.82, 2.24) is 4.90 Å². The van der Waals surface area contributed by atoms with E-state index in [2.05, 4.69) is 17.9 Å². The van der Waals surface area contributed by atoms with E-state index in [9.17, 15) is 9.18 Å². The van der Waals surface area contributed by atoms with Gasteiger partial charge in [-0.1, -0.05) is 29.8 Å². The van der Waals surface area contributed by atoms with Crippen molar-refractivity contribution < 1.29 is 9.18 Å². The zero-order chi connectivity index (χ0) is 17.3. The third-order valence-electron chi connectivity index (χ3n) is 4.72. The molecule has 0 aromatic heterocycles. The fourth-order valence-corrected chi connectivity index (χ4v) is 3.30. The van der Waals surface area contributed by atoms with Crippen molar-refractivity contribution in [3.8, 4) is 0 Å². The normalized spacial score (nSPS) is 18.9. The minimum absolute atomic E-state index is 0.121. The molecule has 1 saturated heterocycles. The lowest BCUT2D eigenvalue weighted by Gasteiger charge is -2.39. The molecule has 126 valence electrons. The van der Waals surface area contributed by atoms with Gasteiger partial charge in [-0.2, -0.15) is 0 Å². The minimum atomic E-state index is -0.234. The highest BCUT2D eigenvalue weighted by molar-refractivity contribution is 5.98. The summed E-state index contributed by atoms with van der Waals surface area (Å²) in [6, 6.07) is 12.5. The predicted molar refractivity (Wildman–Crippen MR) is 94.5 cm³/mol. The van der Waals surface area contributed by atoms with E-state index < -0.39 is 0 Å². The summed E-state index contributed by atoms with van der Waals surface area (Å²) in [7, 11) is 0. The Morgan fingerprint density at radius 2 is 1.79 bits per heavy atom. The van der Waals surface area contributed by atoms with Gasteiger partial charge in [0, 0.05) is 25.3 Å². The first-order valence-electron chi connectivity index (χ1n) is 8.33. The highest BCUT2D eigenvalue weighted by Gasteiger charge is 2.32. The second-order valence-electron chi connectivity index (χ2n) is 6.55. The van der Waals surface area contributed by atoms with Crippen LogP contribution in [0.1, 0.15) is 23.6 Å². The first kappa shape index (κ1) is 16.7. The number of aryl methyl sites for hydroxylation is 2. The van der Waals surface area contributed by atoms with Gasteiger partial charge in [0.1, 0.15) is 5.82 Å². The average molecular weight is 326 g/mol. The van der Waals surface area contributed by atoms with Crippen molar-refractivity contribution in [3.63, 3.8) is 0 Å². The number of hydrogen-bond donors (Lipinski definition) is 0. The van der Waals surface area contributed by atoms with Crippen LogP contribution in [-0.4, -0.2) is 29.9 Å². The van der Waals surface area contributed by atoms with Gasteiger partial charge in [-0.3, -0.25) is 9.69 Å². The molecule has 24 heavy (non-hydrogen) atoms. The number of carbonyl (C=O) groups excluding carboxylic acids is 1. The number of anilines is 1. The van der Waals surface area contributed by atoms with E-state index in [0.29, 0.717) is 13.1 Å². The van der Waals surface area contributed by atoms with Gasteiger partial charge < -0.3 is 4.90 Å². The Balaban J connectivity index is 1.74. The first-order chi connectivity index (χ1) is 11.5. The molecule has 0 bridgehead atoms. The third-order valence-corrected chi connectivity index (χ3v) is 4.72. The molecule has 1 fully saturated rings. The van der Waals surface area contributed by atoms with E-state index >= 15 is 0 Å². The van der Waals surface area contributed by atoms with Gasteiger partial charge in [-0.05, 0) is 50.1 Å². The lowest BCUT2D eigenvalue weighted by molar-refractivity contribution is -0.125. The van der Waals surface area contributed by atoms with Crippen molar-refractivity contribution >= 4 is 11.6 Å². The summed E-state index contributed by atoms with van der Waals surface area (Å²) in [5.74, 6) is -0.113. The van der Waals surface area contributed by atoms with Crippen LogP contribution in [0.3, 0.4) is 0 Å². The summed E-state index contributed by atoms with van der Waals surface area (Å²) in [6.45, 7) is 8.19. The van der Waals surface area contributed by atoms with Gasteiger partial charge >= 0.3 is 0 Å². The number of hydrogen-bond acceptors (Lipinski definition) is 2. The molecule has 1 heterocycles. The zero-order valence-electron chi connectivity index (χ0n) is 14.4. The number of nitrogens with zero attached hydrogens (tertiary/aromatic N) is 2. The monoisotopic (exact) mass is 326 g/mol. The summed E-state index contributed by atoms with van der Waals surface area (Å²) in [4.78, 5) is 16.9. The zero-order valence-corrected chi connectivity index (χ0v) is 14.4. The fraction of sp³-hybridized carbons (Fsp3) is 0.350. The number of benzene rings is 2. The van der Waals surface area contributed by atoms with E-state index in [1.54, 1.807) is 12.1 Å². The minimum Gasteiger partial charge on any atom is -0.310 e. The van der Waals surface area contributed by atoms with Crippen molar-refractivity contribution in [2.24, 2.45) is 0 Å². The highest BCUT2D eigenvalue weighted by Crippen LogP contribution is 2.25. The van der Waals surface area contributed by atoms with Crippen LogP contribution < -0.4 is 4.90 Å². The van der Waals surface area contributed by atoms with Crippen molar-refractivity contribution in [2.45, 2.75) is 33.4 Å². The molecule has 4 heteroatoms. The molecular weight excluding hydrogens is 303 g/mol. The van der Waals surface area contributed by atoms with Crippen LogP contribution in [0.5, 0.6) is 0 Å². The molecule has 1 aliphatic rings. The molecule has 2 aromatic carbocycles. The molecule has 0 saturated carbocycles. The van der Waals surface area contributed by atoms with E-state index in [-0.39, 0.29) is 17.8 Å². The number of piperazine rings is 1. The molecule has 2 aromatic rings. The highest BCUT2D eigenvalue weighted by atomic mass is 19.1. The van der Waals surface area contributed by atoms with Crippen LogP contribution in [0, 0.1) is 19.7 Å². The van der Waals surface area contributed by atoms with Crippen LogP contribution in [0.25, 0.3) is 0 Å². The van der Waals surface area contributed by atoms with Crippen LogP contribution in [-0.2, 0) is 11.3 Å². The van der Waals surface area contributed by atoms with Crippen LogP contribution in [0.15, 0.2) is 42.5 Å². The van der Waals surface area contributed by atoms with Gasteiger partial charge in [0.25, 0.3) is 0 Å². The van der Waals surface area contributed by atoms with Gasteiger partial charge in [0.15, 0.2) is 0 Å². The summed E-state index contributed by atoms with van der Waals surface area (Å²) in [6.07, 6.45) is 0. The van der Waals surface area contributed by atoms with Crippen molar-refractivity contribution in [3.05, 3.63) is 65.0 Å². The van der Waals surface area contributed by atoms with Crippen molar-refractivity contribution in [2.75, 3.05) is 18.0 Å². The molecule has 0 unspecified atom stereocenters. The number of halogens is 1. The molecule has 1 amide bonds. The van der Waals surface area contributed by atoms with Crippen LogP contribution in [0.2, 0.25) is 0 Å². The summed E-state index contributed by atoms with van der Waals surface area (Å²) >= 11 is 0. The fourth-order valence-electron chi connectivity index (χ4n) is 3.30. The molecule has 0 aliphatic carbocycles. The van der Waals surface area contributed by atoms with Gasteiger partial charge in [-0.25, -0.2) is 4.39 Å². The van der Waals surface area contributed by atoms with Crippen LogP contribution in [0.4, 0.5) is 10.1 Å². The molecule has 3 rings (SSSR count). The Morgan fingerprint density at radius 3 is 2.46 bits per heavy atom. The summed E-state index contributed by atoms with van der Waals surface area (Å²) in [5, 5.41) is 0. The number of rotatable bonds is 3. The second-order valence-corrected chi connectivity index (χ2v) is 6.55. The lowest BCUT2D eigenvalue weighted by atomic mass is 10.1. The van der Waals surface area contributed by atoms with Gasteiger partial charge in [0.05, 0.1) is 6.04 Å². The topological polar surface area (TPSA) is 23.6 Å². The van der Waals surface area contributed by atoms with Crippen LogP contribution >= 0.6 is 0 Å². The molecular formula is C20H23FN2O. The smallest absolute Gasteiger partial charge is 0.244 e. The molecule has 0 radical (unpaired) electrons. The Bertz CT molecular complexity index is 742. The van der Waals surface area contributed by atoms with E-state index in [4.69, 9.17) is 0 Å². The first-order valence-corrected chi connectivity index (χ1v) is 8.33. The summed E-state index contributed by atoms with van der Waals surface area (Å²) < 4.78 is 13.0. The molecule has 0 N–H and O–H groups in total. The van der Waals surface area contributed by atoms with Crippen molar-refractivity contribution in [1.29, 1.82) is 0 Å². The molecule has 1 atom stereocenters. The average Bonchev–Trinajstić information content (AvgIpc) is 2.55. The Morgan fingerprint density at radius 1 is 1.08 bits per heavy atom. The Labute approximate surface area is 142 Å². The van der Waals surface area contributed by atoms with Gasteiger partial charge in [0.2, 0.25) is 5.91 Å². The molecule has 3 nitrogen and oxygen atoms in total. The number of carbonyl (C=O) groups is 1. The Kier molecular flexibility index (Phi) is 4.67. The number of amides is 1. The predicted octanol–water partition coefficient (Wildman–Crippen LogP) is 3.68. The maximum absolute atomic E-state index is 13.0. The standard InChI is InChI=1S/C20H23FN2O/c1-14-4-9-19(15(2)12-14)23-11-10-22(16(3)20(23)24)13-17-5-7-18(21)8-6-17/h4-9,12,16H,10-11,13H2,1-3H3/t16-/m1/s1. The second kappa shape index (κ2) is 6.73. The largest absolute Gasteiger partial charge is 0.310 e. The molecule has 1 aliphatic heterocycles. The van der Waals surface area contributed by atoms with E-state index in [0.717, 1.165) is 23.4 Å². The Hall–Kier alpha value is -2.20. The molecule has 0 spiro atoms. The van der Waals surface area contributed by atoms with E-state index in [1.807, 2.05) is 30.9 Å². The SMILES string of the molecule is Cc1ccc(N2CCN(Cc3ccc(F)cc3)[C@H](C)C2=O)c(C)c1. The maximum Gasteiger partial charge on any atom is 0.244 e. The summed E-state index contributed by atoms with van der Waals surface area (Å²) in [5.41, 5.74) is 4.35. The van der Waals surface area contributed by atoms with E-state index in [1.165, 1.54) is 17.7 Å². The maximum atomic E-state index is 13.0. The lowest BCUT2D eigenvalue weighted by Crippen LogP contribution is -2.55. The van der Waals surface area contributed by atoms with Gasteiger partial charge in [-0.15, -0.1) is 0 Å². The quantitative estimate of drug-likeness (QED) is 0.859.